The predicted octanol–water partition coefficient (Wildman–Crippen LogP) is 19.1. The molecule has 0 rings (SSSR count). The quantitative estimate of drug-likeness (QED) is 0.0205. The topological polar surface area (TPSA) is 111 Å². The van der Waals surface area contributed by atoms with E-state index in [-0.39, 0.29) is 37.9 Å². The van der Waals surface area contributed by atoms with Gasteiger partial charge in [-0.1, -0.05) is 233 Å². The first kappa shape index (κ1) is 73.4. The van der Waals surface area contributed by atoms with Crippen molar-refractivity contribution >= 4 is 19.7 Å². The third kappa shape index (κ3) is 56.9. The highest BCUT2D eigenvalue weighted by Crippen LogP contribution is 2.43. The number of rotatable bonds is 54. The number of carbonyl (C=O) groups excluding carboxylic acids is 2. The minimum absolute atomic E-state index is 0.0253. The van der Waals surface area contributed by atoms with Gasteiger partial charge in [0, 0.05) is 12.8 Å². The van der Waals surface area contributed by atoms with Crippen molar-refractivity contribution in [1.29, 1.82) is 0 Å². The number of unbranched alkanes of at least 4 members (excludes halogenated alkanes) is 20. The average Bonchev–Trinajstić information content (AvgIpc) is 3.39. The minimum atomic E-state index is -4.47. The third-order valence-electron chi connectivity index (χ3n) is 12.9. The van der Waals surface area contributed by atoms with Crippen molar-refractivity contribution in [2.24, 2.45) is 0 Å². The number of hydrogen-bond donors (Lipinski definition) is 2. The summed E-state index contributed by atoms with van der Waals surface area (Å²) in [6.45, 7) is 6.73. The Morgan fingerprint density at radius 1 is 0.468 bits per heavy atom. The Labute approximate surface area is 473 Å². The molecule has 0 saturated carbocycles. The second kappa shape index (κ2) is 55.7. The molecule has 2 N–H and O–H groups in total. The van der Waals surface area contributed by atoms with E-state index in [2.05, 4.69) is 135 Å². The molecule has 0 bridgehead atoms. The SMILES string of the molecule is CC/C=C\C/C=C\C/C=C\C/C=C\C/C=C\CCCCCCCCCC(=O)OC(/C=C\CCCCCCCCCCCC)C(COP(=O)(O)OCC[N+](C)(C)C)NC(=O)CCCCC/C=C/C/C=C/C/C=C/C/C=C/CC. The van der Waals surface area contributed by atoms with E-state index < -0.39 is 20.0 Å². The van der Waals surface area contributed by atoms with Crippen LogP contribution in [0.25, 0.3) is 0 Å². The summed E-state index contributed by atoms with van der Waals surface area (Å²) in [4.78, 5) is 37.7. The molecule has 0 fully saturated rings. The molecule has 10 heteroatoms. The first-order valence-electron chi connectivity index (χ1n) is 30.9. The molecule has 0 aromatic rings. The van der Waals surface area contributed by atoms with Gasteiger partial charge in [-0.3, -0.25) is 18.6 Å². The van der Waals surface area contributed by atoms with Crippen LogP contribution in [0.5, 0.6) is 0 Å². The van der Waals surface area contributed by atoms with Crippen LogP contribution < -0.4 is 5.32 Å². The molecular weight excluding hydrogens is 976 g/mol. The number of nitrogens with one attached hydrogen (secondary N) is 1. The van der Waals surface area contributed by atoms with E-state index >= 15 is 0 Å². The number of phosphoric ester groups is 1. The van der Waals surface area contributed by atoms with Gasteiger partial charge in [-0.25, -0.2) is 4.57 Å². The summed E-state index contributed by atoms with van der Waals surface area (Å²) in [6.07, 6.45) is 77.7. The van der Waals surface area contributed by atoms with Crippen LogP contribution in [-0.2, 0) is 27.9 Å². The van der Waals surface area contributed by atoms with E-state index in [1.165, 1.54) is 70.6 Å². The van der Waals surface area contributed by atoms with Gasteiger partial charge in [-0.05, 0) is 115 Å². The summed E-state index contributed by atoms with van der Waals surface area (Å²) < 4.78 is 30.7. The maximum absolute atomic E-state index is 13.5. The zero-order valence-corrected chi connectivity index (χ0v) is 51.1. The molecule has 77 heavy (non-hydrogen) atoms. The molecule has 1 amide bonds. The fourth-order valence-electron chi connectivity index (χ4n) is 8.19. The molecule has 0 aliphatic heterocycles. The number of phosphoric acid groups is 1. The zero-order chi connectivity index (χ0) is 56.4. The minimum Gasteiger partial charge on any atom is -0.456 e. The lowest BCUT2D eigenvalue weighted by Crippen LogP contribution is -2.47. The van der Waals surface area contributed by atoms with Crippen LogP contribution in [0.2, 0.25) is 0 Å². The molecule has 0 aliphatic carbocycles. The van der Waals surface area contributed by atoms with Crippen molar-refractivity contribution in [2.45, 2.75) is 251 Å². The number of likely N-dealkylation sites (N-methyl/N-ethyl adjacent to an activating group) is 1. The molecular formula is C67H116N2O7P+. The fraction of sp³-hybridized carbons (Fsp3) is 0.672. The van der Waals surface area contributed by atoms with Crippen LogP contribution in [0.3, 0.4) is 0 Å². The lowest BCUT2D eigenvalue weighted by atomic mass is 10.0. The van der Waals surface area contributed by atoms with Gasteiger partial charge < -0.3 is 19.4 Å². The molecule has 440 valence electrons. The van der Waals surface area contributed by atoms with Gasteiger partial charge in [0.1, 0.15) is 19.3 Å². The molecule has 0 spiro atoms. The largest absolute Gasteiger partial charge is 0.472 e. The van der Waals surface area contributed by atoms with Gasteiger partial charge in [-0.2, -0.15) is 0 Å². The molecule has 3 unspecified atom stereocenters. The summed E-state index contributed by atoms with van der Waals surface area (Å²) in [7, 11) is 1.45. The highest BCUT2D eigenvalue weighted by molar-refractivity contribution is 7.47. The summed E-state index contributed by atoms with van der Waals surface area (Å²) in [5, 5.41) is 3.03. The van der Waals surface area contributed by atoms with Crippen LogP contribution in [0.1, 0.15) is 239 Å². The Morgan fingerprint density at radius 3 is 1.26 bits per heavy atom. The zero-order valence-electron chi connectivity index (χ0n) is 50.2. The predicted molar refractivity (Wildman–Crippen MR) is 332 cm³/mol. The lowest BCUT2D eigenvalue weighted by molar-refractivity contribution is -0.870. The van der Waals surface area contributed by atoms with E-state index in [1.807, 2.05) is 33.3 Å². The smallest absolute Gasteiger partial charge is 0.456 e. The number of nitrogens with zero attached hydrogens (tertiary/aromatic N) is 1. The monoisotopic (exact) mass is 1090 g/mol. The molecule has 0 saturated heterocycles. The van der Waals surface area contributed by atoms with Crippen molar-refractivity contribution < 1.29 is 37.3 Å². The molecule has 0 aliphatic rings. The standard InChI is InChI=1S/C67H115N2O7P/c1-7-10-13-16-19-22-25-28-30-32-33-34-35-36-37-38-40-42-45-48-51-54-57-60-67(71)76-65(58-55-52-49-46-43-27-24-21-18-15-12-9-3)64(63-75-77(72,73)74-62-61-69(4,5)6)68-66(70)59-56-53-50-47-44-41-39-31-29-26-23-20-17-14-11-8-2/h10-11,13-14,19-20,22-23,28-31,33-34,36-37,41,44,55,58,64-65H,7-9,12,15-18,21,24-27,32,35,38-40,42-43,45-54,56-57,59-63H2,1-6H3,(H-,68,70,72,73)/p+1/b13-10-,14-11+,22-19-,23-20+,30-28-,31-29+,34-33-,37-36-,44-41+,58-55-. The number of ether oxygens (including phenoxy) is 1. The molecule has 0 heterocycles. The number of carbonyl (C=O) groups is 2. The second-order valence-electron chi connectivity index (χ2n) is 21.5. The van der Waals surface area contributed by atoms with E-state index in [4.69, 9.17) is 13.8 Å². The summed E-state index contributed by atoms with van der Waals surface area (Å²) in [5.41, 5.74) is 0. The Hall–Kier alpha value is -3.59. The fourth-order valence-corrected chi connectivity index (χ4v) is 8.93. The first-order valence-corrected chi connectivity index (χ1v) is 32.4. The van der Waals surface area contributed by atoms with Crippen molar-refractivity contribution in [3.8, 4) is 0 Å². The van der Waals surface area contributed by atoms with Gasteiger partial charge in [0.2, 0.25) is 5.91 Å². The highest BCUT2D eigenvalue weighted by Gasteiger charge is 2.30. The first-order chi connectivity index (χ1) is 37.4. The van der Waals surface area contributed by atoms with Crippen LogP contribution in [0.4, 0.5) is 0 Å². The van der Waals surface area contributed by atoms with E-state index in [0.29, 0.717) is 23.9 Å². The maximum Gasteiger partial charge on any atom is 0.472 e. The normalized spacial score (nSPS) is 14.5. The lowest BCUT2D eigenvalue weighted by Gasteiger charge is -2.27. The number of esters is 1. The number of amides is 1. The Morgan fingerprint density at radius 2 is 0.831 bits per heavy atom. The van der Waals surface area contributed by atoms with Crippen LogP contribution in [0.15, 0.2) is 122 Å². The van der Waals surface area contributed by atoms with Crippen LogP contribution in [0, 0.1) is 0 Å². The summed E-state index contributed by atoms with van der Waals surface area (Å²) in [6, 6.07) is -0.878. The molecule has 0 aromatic carbocycles. The Bertz CT molecular complexity index is 1730. The van der Waals surface area contributed by atoms with E-state index in [9.17, 15) is 19.0 Å². The molecule has 9 nitrogen and oxygen atoms in total. The Balaban J connectivity index is 5.31. The maximum atomic E-state index is 13.5. The van der Waals surface area contributed by atoms with E-state index in [1.54, 1.807) is 0 Å². The second-order valence-corrected chi connectivity index (χ2v) is 22.9. The van der Waals surface area contributed by atoms with Gasteiger partial charge in [0.05, 0.1) is 33.8 Å². The van der Waals surface area contributed by atoms with Crippen molar-refractivity contribution in [3.63, 3.8) is 0 Å². The van der Waals surface area contributed by atoms with Gasteiger partial charge in [0.15, 0.2) is 0 Å². The Kier molecular flexibility index (Phi) is 53.1. The molecule has 0 radical (unpaired) electrons. The average molecular weight is 1090 g/mol. The number of allylic oxidation sites excluding steroid dienone is 19. The highest BCUT2D eigenvalue weighted by atomic mass is 31.2. The number of quaternary nitrogens is 1. The van der Waals surface area contributed by atoms with Crippen molar-refractivity contribution in [3.05, 3.63) is 122 Å². The number of hydrogen-bond acceptors (Lipinski definition) is 6. The van der Waals surface area contributed by atoms with Crippen LogP contribution in [-0.4, -0.2) is 74.3 Å². The van der Waals surface area contributed by atoms with Crippen molar-refractivity contribution in [1.82, 2.24) is 5.32 Å². The molecule has 3 atom stereocenters. The third-order valence-corrected chi connectivity index (χ3v) is 13.9. The van der Waals surface area contributed by atoms with Gasteiger partial charge in [-0.15, -0.1) is 0 Å². The summed E-state index contributed by atoms with van der Waals surface area (Å²) >= 11 is 0. The van der Waals surface area contributed by atoms with Crippen LogP contribution >= 0.6 is 7.82 Å². The molecule has 0 aromatic heterocycles. The summed E-state index contributed by atoms with van der Waals surface area (Å²) in [5.74, 6) is -0.562. The van der Waals surface area contributed by atoms with Gasteiger partial charge in [0.25, 0.3) is 0 Å². The van der Waals surface area contributed by atoms with Gasteiger partial charge >= 0.3 is 13.8 Å². The van der Waals surface area contributed by atoms with E-state index in [0.717, 1.165) is 122 Å². The van der Waals surface area contributed by atoms with Crippen molar-refractivity contribution in [2.75, 3.05) is 40.9 Å².